The molecule has 0 saturated heterocycles. The van der Waals surface area contributed by atoms with Crippen LogP contribution in [0.5, 0.6) is 0 Å². The largest absolute Gasteiger partial charge is 0.292 e. The second-order valence-corrected chi connectivity index (χ2v) is 43.0. The van der Waals surface area contributed by atoms with E-state index in [9.17, 15) is 0 Å². The van der Waals surface area contributed by atoms with E-state index >= 15 is 0 Å². The van der Waals surface area contributed by atoms with Crippen LogP contribution in [0.2, 0.25) is 0 Å². The van der Waals surface area contributed by atoms with E-state index in [1.54, 1.807) is 0 Å². The summed E-state index contributed by atoms with van der Waals surface area (Å²) >= 11 is 20.3. The molecule has 0 bridgehead atoms. The van der Waals surface area contributed by atoms with Crippen molar-refractivity contribution in [1.29, 1.82) is 0 Å². The van der Waals surface area contributed by atoms with Crippen LogP contribution < -0.4 is 47.7 Å². The molecule has 0 amide bonds. The molecule has 0 N–H and O–H groups in total. The monoisotopic (exact) mass is 1600 g/mol. The van der Waals surface area contributed by atoms with Gasteiger partial charge >= 0.3 is 0 Å². The topological polar surface area (TPSA) is 51.9 Å². The molecule has 0 aliphatic heterocycles. The van der Waals surface area contributed by atoms with E-state index in [4.69, 9.17) is 50.4 Å². The lowest BCUT2D eigenvalue weighted by atomic mass is 9.99. The summed E-state index contributed by atoms with van der Waals surface area (Å²) in [6, 6.07) is 142. The summed E-state index contributed by atoms with van der Waals surface area (Å²) in [6.45, 7) is 0. The number of para-hydroxylation sites is 7. The normalized spacial score (nSPS) is 12.2. The number of pyridine rings is 3. The molecule has 0 aliphatic carbocycles. The fourth-order valence-electron chi connectivity index (χ4n) is 18.2. The first-order valence-corrected chi connectivity index (χ1v) is 47.7. The molecule has 117 heavy (non-hydrogen) atoms. The molecular formula is C105H69N6P3S3. The second kappa shape index (κ2) is 28.5. The van der Waals surface area contributed by atoms with Crippen molar-refractivity contribution in [2.45, 2.75) is 0 Å². The molecule has 18 aromatic carbocycles. The number of benzene rings is 18. The average molecular weight is 1600 g/mol. The SMILES string of the molecule is S=P(c1ccccc1)(c1ccccc1)c1ccc2c(c1)c1ccc3ccccc3c1c1nc3ccccc3n21.S=P(c1ccccc1)(c1ccccc1)c1ccc2c3ccc4ccccc4c3c3nc4ccccc4n3c2c1.S=P(c1ccccc1)(c1ccccc1)c1cccc2c3ccc4ccccc4c3c3nc4ccccc4n3c12. The molecule has 0 fully saturated rings. The Balaban J connectivity index is 0.000000106. The number of rotatable bonds is 9. The fraction of sp³-hybridized carbons (Fsp3) is 0. The van der Waals surface area contributed by atoms with Gasteiger partial charge in [0.15, 0.2) is 0 Å². The Labute approximate surface area is 689 Å². The van der Waals surface area contributed by atoms with Crippen molar-refractivity contribution in [2.24, 2.45) is 0 Å². The first-order valence-electron chi connectivity index (χ1n) is 39.3. The first-order chi connectivity index (χ1) is 57.7. The van der Waals surface area contributed by atoms with E-state index in [1.165, 1.54) is 129 Å². The van der Waals surface area contributed by atoms with Crippen LogP contribution in [0, 0.1) is 0 Å². The van der Waals surface area contributed by atoms with Gasteiger partial charge in [0, 0.05) is 55.7 Å². The van der Waals surface area contributed by atoms with Crippen molar-refractivity contribution in [2.75, 3.05) is 0 Å². The smallest absolute Gasteiger partial charge is 0.147 e. The van der Waals surface area contributed by atoms with Gasteiger partial charge in [0.05, 0.1) is 49.7 Å². The zero-order chi connectivity index (χ0) is 77.9. The van der Waals surface area contributed by atoms with E-state index in [0.717, 1.165) is 66.6 Å². The first kappa shape index (κ1) is 70.7. The molecule has 6 aromatic heterocycles. The van der Waals surface area contributed by atoms with Gasteiger partial charge in [-0.25, -0.2) is 15.0 Å². The summed E-state index contributed by atoms with van der Waals surface area (Å²) in [6.07, 6.45) is 0. The number of fused-ring (bicyclic) bond motifs is 30. The molecule has 0 unspecified atom stereocenters. The van der Waals surface area contributed by atoms with Gasteiger partial charge in [0.1, 0.15) is 16.9 Å². The summed E-state index contributed by atoms with van der Waals surface area (Å²) in [5.74, 6) is 0. The molecule has 6 nitrogen and oxygen atoms in total. The Hall–Kier alpha value is -12.9. The van der Waals surface area contributed by atoms with Crippen molar-refractivity contribution >= 4 is 249 Å². The van der Waals surface area contributed by atoms with Crippen LogP contribution >= 0.6 is 18.1 Å². The van der Waals surface area contributed by atoms with E-state index in [2.05, 4.69) is 432 Å². The molecule has 0 aliphatic rings. The number of imidazole rings is 3. The van der Waals surface area contributed by atoms with Crippen LogP contribution in [0.1, 0.15) is 0 Å². The molecule has 6 heterocycles. The van der Waals surface area contributed by atoms with E-state index in [-0.39, 0.29) is 0 Å². The molecule has 0 atom stereocenters. The van der Waals surface area contributed by atoms with Crippen LogP contribution in [0.3, 0.4) is 0 Å². The van der Waals surface area contributed by atoms with Crippen molar-refractivity contribution in [1.82, 2.24) is 28.2 Å². The maximum atomic E-state index is 6.87. The lowest BCUT2D eigenvalue weighted by molar-refractivity contribution is 1.32. The quantitative estimate of drug-likeness (QED) is 0.106. The molecule has 24 aromatic rings. The Morgan fingerprint density at radius 2 is 0.496 bits per heavy atom. The second-order valence-electron chi connectivity index (χ2n) is 29.8. The fourth-order valence-corrected chi connectivity index (χ4v) is 29.7. The Bertz CT molecular complexity index is 8100. The zero-order valence-electron chi connectivity index (χ0n) is 63.1. The highest BCUT2D eigenvalue weighted by Gasteiger charge is 2.32. The molecule has 12 heteroatoms. The number of aromatic nitrogens is 6. The van der Waals surface area contributed by atoms with E-state index < -0.39 is 18.1 Å². The molecule has 0 spiro atoms. The number of hydrogen-bond donors (Lipinski definition) is 0. The highest BCUT2D eigenvalue weighted by molar-refractivity contribution is 8.26. The predicted octanol–water partition coefficient (Wildman–Crippen LogP) is 23.1. The summed E-state index contributed by atoms with van der Waals surface area (Å²) in [7, 11) is 0. The Morgan fingerprint density at radius 3 is 0.923 bits per heavy atom. The van der Waals surface area contributed by atoms with Crippen LogP contribution in [0.15, 0.2) is 419 Å². The van der Waals surface area contributed by atoms with Gasteiger partial charge in [-0.3, -0.25) is 13.2 Å². The summed E-state index contributed by atoms with van der Waals surface area (Å²) in [5.41, 5.74) is 12.7. The third-order valence-corrected chi connectivity index (χ3v) is 38.3. The minimum absolute atomic E-state index is 0.977. The minimum atomic E-state index is -2.42. The lowest BCUT2D eigenvalue weighted by Gasteiger charge is -2.26. The summed E-state index contributed by atoms with van der Waals surface area (Å²) < 4.78 is 7.05. The zero-order valence-corrected chi connectivity index (χ0v) is 68.2. The maximum absolute atomic E-state index is 6.87. The summed E-state index contributed by atoms with van der Waals surface area (Å²) in [5, 5.41) is 28.8. The lowest BCUT2D eigenvalue weighted by Crippen LogP contribution is -2.26. The predicted molar refractivity (Wildman–Crippen MR) is 514 cm³/mol. The van der Waals surface area contributed by atoms with Gasteiger partial charge in [-0.1, -0.05) is 399 Å². The standard InChI is InChI=1S/3C35H23N2PS/c39-38(25-13-3-1-4-14-25,26-15-5-2-6-16-26)32-21-11-18-29-28-23-22-24-12-7-8-17-27(24)33(28)35-36-30-19-9-10-20-31(30)37(35)34(29)32;39-38(25-12-3-1-4-13-25,26-14-5-2-6-15-26)27-20-22-29-30-21-19-24-11-7-8-16-28(24)34(30)35-36-31-17-9-10-18-32(31)37(35)33(29)23-27;39-38(25-12-3-1-4-13-25,26-14-5-2-6-15-26)27-20-22-32-30(23-27)29-21-19-24-11-7-8-16-28(24)34(29)35-36-31-17-9-10-18-33(31)37(32)35/h3*1-23H. The van der Waals surface area contributed by atoms with Gasteiger partial charge in [-0.05, 0) is 146 Å². The van der Waals surface area contributed by atoms with Gasteiger partial charge in [-0.15, -0.1) is 0 Å². The highest BCUT2D eigenvalue weighted by atomic mass is 32.4. The summed E-state index contributed by atoms with van der Waals surface area (Å²) in [4.78, 5) is 15.6. The molecule has 0 radical (unpaired) electrons. The van der Waals surface area contributed by atoms with Gasteiger partial charge in [0.2, 0.25) is 0 Å². The van der Waals surface area contributed by atoms with E-state index in [1.807, 2.05) is 0 Å². The molecule has 24 rings (SSSR count). The number of hydrogen-bond acceptors (Lipinski definition) is 6. The van der Waals surface area contributed by atoms with Gasteiger partial charge in [-0.2, -0.15) is 0 Å². The van der Waals surface area contributed by atoms with Crippen LogP contribution in [-0.2, 0) is 35.4 Å². The van der Waals surface area contributed by atoms with Gasteiger partial charge < -0.3 is 0 Å². The third kappa shape index (κ3) is 11.2. The molecular weight excluding hydrogens is 1530 g/mol. The maximum Gasteiger partial charge on any atom is 0.147 e. The van der Waals surface area contributed by atoms with Crippen LogP contribution in [0.25, 0.3) is 147 Å². The van der Waals surface area contributed by atoms with Crippen molar-refractivity contribution in [3.63, 3.8) is 0 Å². The van der Waals surface area contributed by atoms with Crippen LogP contribution in [-0.4, -0.2) is 28.2 Å². The molecule has 0 saturated carbocycles. The van der Waals surface area contributed by atoms with Crippen molar-refractivity contribution in [3.05, 3.63) is 419 Å². The molecule has 552 valence electrons. The Kier molecular flexibility index (Phi) is 17.2. The van der Waals surface area contributed by atoms with E-state index in [0.29, 0.717) is 0 Å². The number of nitrogens with zero attached hydrogens (tertiary/aromatic N) is 6. The minimum Gasteiger partial charge on any atom is -0.292 e. The van der Waals surface area contributed by atoms with Crippen LogP contribution in [0.4, 0.5) is 0 Å². The Morgan fingerprint density at radius 1 is 0.188 bits per heavy atom. The van der Waals surface area contributed by atoms with Crippen molar-refractivity contribution in [3.8, 4) is 0 Å². The van der Waals surface area contributed by atoms with Crippen molar-refractivity contribution < 1.29 is 0 Å². The third-order valence-electron chi connectivity index (χ3n) is 23.5. The van der Waals surface area contributed by atoms with Gasteiger partial charge in [0.25, 0.3) is 0 Å². The average Bonchev–Trinajstić information content (AvgIpc) is 1.64. The highest BCUT2D eigenvalue weighted by Crippen LogP contribution is 2.50.